The molecule has 0 radical (unpaired) electrons. The fraction of sp³-hybridized carbons (Fsp3) is 0.545. The van der Waals surface area contributed by atoms with Crippen LogP contribution in [0, 0.1) is 12.8 Å². The van der Waals surface area contributed by atoms with E-state index in [2.05, 4.69) is 0 Å². The predicted octanol–water partition coefficient (Wildman–Crippen LogP) is 2.91. The Morgan fingerprint density at radius 3 is 2.86 bits per heavy atom. The van der Waals surface area contributed by atoms with E-state index < -0.39 is 0 Å². The first kappa shape index (κ1) is 11.4. The van der Waals surface area contributed by atoms with Crippen LogP contribution in [0.5, 0.6) is 0 Å². The van der Waals surface area contributed by atoms with Crippen LogP contribution in [0.3, 0.4) is 0 Å². The van der Waals surface area contributed by atoms with Crippen molar-refractivity contribution in [3.63, 3.8) is 0 Å². The van der Waals surface area contributed by atoms with E-state index in [9.17, 15) is 4.79 Å². The quantitative estimate of drug-likeness (QED) is 0.701. The van der Waals surface area contributed by atoms with Crippen LogP contribution in [0.4, 0.5) is 0 Å². The maximum absolute atomic E-state index is 11.7. The van der Waals surface area contributed by atoms with Crippen LogP contribution in [-0.4, -0.2) is 19.5 Å². The summed E-state index contributed by atoms with van der Waals surface area (Å²) < 4.78 is 5.00. The molecule has 1 rings (SSSR count). The summed E-state index contributed by atoms with van der Waals surface area (Å²) in [6.45, 7) is 4.69. The van der Waals surface area contributed by atoms with Gasteiger partial charge in [-0.25, -0.2) is 0 Å². The van der Waals surface area contributed by atoms with Gasteiger partial charge in [0.1, 0.15) is 0 Å². The molecule has 0 aliphatic heterocycles. The lowest BCUT2D eigenvalue weighted by Crippen LogP contribution is -2.10. The maximum Gasteiger partial charge on any atom is 0.164 e. The molecule has 3 heteroatoms. The summed E-state index contributed by atoms with van der Waals surface area (Å²) in [5.74, 6) is 0.520. The van der Waals surface area contributed by atoms with E-state index in [1.165, 1.54) is 4.88 Å². The average Bonchev–Trinajstić information content (AvgIpc) is 2.52. The second-order valence-corrected chi connectivity index (χ2v) is 4.75. The number of carbonyl (C=O) groups excluding carboxylic acids is 1. The minimum absolute atomic E-state index is 0.221. The Balaban J connectivity index is 2.50. The largest absolute Gasteiger partial charge is 0.384 e. The van der Waals surface area contributed by atoms with E-state index in [0.717, 1.165) is 5.56 Å². The predicted molar refractivity (Wildman–Crippen MR) is 59.0 cm³/mol. The van der Waals surface area contributed by atoms with Crippen LogP contribution < -0.4 is 0 Å². The Labute approximate surface area is 88.9 Å². The number of hydrogen-bond acceptors (Lipinski definition) is 3. The Kier molecular flexibility index (Phi) is 4.29. The first-order chi connectivity index (χ1) is 6.63. The van der Waals surface area contributed by atoms with Crippen molar-refractivity contribution in [2.24, 2.45) is 5.92 Å². The average molecular weight is 212 g/mol. The van der Waals surface area contributed by atoms with Crippen molar-refractivity contribution in [3.8, 4) is 0 Å². The fourth-order valence-corrected chi connectivity index (χ4v) is 2.07. The van der Waals surface area contributed by atoms with E-state index >= 15 is 0 Å². The molecule has 0 aliphatic rings. The second-order valence-electron chi connectivity index (χ2n) is 3.63. The van der Waals surface area contributed by atoms with Gasteiger partial charge in [0.25, 0.3) is 0 Å². The van der Waals surface area contributed by atoms with Gasteiger partial charge in [0.05, 0.1) is 0 Å². The molecule has 0 fully saturated rings. The summed E-state index contributed by atoms with van der Waals surface area (Å²) in [5.41, 5.74) is 0.843. The highest BCUT2D eigenvalue weighted by atomic mass is 32.1. The van der Waals surface area contributed by atoms with E-state index in [4.69, 9.17) is 4.74 Å². The smallest absolute Gasteiger partial charge is 0.164 e. The van der Waals surface area contributed by atoms with Crippen LogP contribution in [-0.2, 0) is 4.74 Å². The molecule has 0 bridgehead atoms. The summed E-state index contributed by atoms with van der Waals surface area (Å²) in [6, 6.07) is 1.95. The van der Waals surface area contributed by atoms with Crippen molar-refractivity contribution in [2.45, 2.75) is 20.3 Å². The third kappa shape index (κ3) is 3.24. The van der Waals surface area contributed by atoms with E-state index in [0.29, 0.717) is 18.9 Å². The van der Waals surface area contributed by atoms with Gasteiger partial charge in [-0.05, 0) is 18.9 Å². The molecule has 1 unspecified atom stereocenters. The molecular weight excluding hydrogens is 196 g/mol. The van der Waals surface area contributed by atoms with Crippen LogP contribution >= 0.6 is 11.3 Å². The monoisotopic (exact) mass is 212 g/mol. The van der Waals surface area contributed by atoms with Gasteiger partial charge >= 0.3 is 0 Å². The third-order valence-corrected chi connectivity index (χ3v) is 2.90. The van der Waals surface area contributed by atoms with Crippen LogP contribution in [0.15, 0.2) is 11.4 Å². The first-order valence-electron chi connectivity index (χ1n) is 4.70. The van der Waals surface area contributed by atoms with Gasteiger partial charge in [0.15, 0.2) is 5.78 Å². The molecule has 1 aromatic heterocycles. The number of ether oxygens (including phenoxy) is 1. The topological polar surface area (TPSA) is 26.3 Å². The van der Waals surface area contributed by atoms with E-state index in [1.807, 2.05) is 25.3 Å². The van der Waals surface area contributed by atoms with Gasteiger partial charge in [0, 0.05) is 36.0 Å². The molecule has 78 valence electrons. The minimum Gasteiger partial charge on any atom is -0.384 e. The number of aryl methyl sites for hydroxylation is 1. The number of thiophene rings is 1. The van der Waals surface area contributed by atoms with Gasteiger partial charge in [0.2, 0.25) is 0 Å². The molecule has 0 spiro atoms. The molecule has 0 aromatic carbocycles. The Morgan fingerprint density at radius 1 is 1.64 bits per heavy atom. The zero-order valence-electron chi connectivity index (χ0n) is 8.87. The van der Waals surface area contributed by atoms with Crippen LogP contribution in [0.2, 0.25) is 0 Å². The lowest BCUT2D eigenvalue weighted by Gasteiger charge is -2.07. The van der Waals surface area contributed by atoms with E-state index in [-0.39, 0.29) is 5.78 Å². The first-order valence-corrected chi connectivity index (χ1v) is 5.58. The number of rotatable bonds is 5. The highest BCUT2D eigenvalue weighted by Gasteiger charge is 2.11. The highest BCUT2D eigenvalue weighted by molar-refractivity contribution is 7.10. The van der Waals surface area contributed by atoms with Crippen molar-refractivity contribution in [2.75, 3.05) is 13.7 Å². The molecule has 0 N–H and O–H groups in total. The lowest BCUT2D eigenvalue weighted by atomic mass is 10.0. The molecule has 14 heavy (non-hydrogen) atoms. The summed E-state index contributed by atoms with van der Waals surface area (Å²) in [4.78, 5) is 12.9. The SMILES string of the molecule is COCC(C)CC(=O)c1csc(C)c1. The fourth-order valence-electron chi connectivity index (χ4n) is 1.37. The number of Topliss-reactive ketones (excluding diaryl/α,β-unsaturated/α-hetero) is 1. The number of hydrogen-bond donors (Lipinski definition) is 0. The summed E-state index contributed by atoms with van der Waals surface area (Å²) in [7, 11) is 1.66. The van der Waals surface area contributed by atoms with Crippen molar-refractivity contribution < 1.29 is 9.53 Å². The molecule has 1 heterocycles. The standard InChI is InChI=1S/C11H16O2S/c1-8(6-13-3)4-11(12)10-5-9(2)14-7-10/h5,7-8H,4,6H2,1-3H3. The Morgan fingerprint density at radius 2 is 2.36 bits per heavy atom. The Hall–Kier alpha value is -0.670. The second kappa shape index (κ2) is 5.27. The third-order valence-electron chi connectivity index (χ3n) is 2.04. The molecule has 0 aliphatic carbocycles. The molecule has 1 atom stereocenters. The lowest BCUT2D eigenvalue weighted by molar-refractivity contribution is 0.0920. The molecule has 2 nitrogen and oxygen atoms in total. The molecule has 1 aromatic rings. The zero-order valence-corrected chi connectivity index (χ0v) is 9.69. The van der Waals surface area contributed by atoms with Gasteiger partial charge in [-0.1, -0.05) is 6.92 Å². The normalized spacial score (nSPS) is 12.8. The van der Waals surface area contributed by atoms with Crippen LogP contribution in [0.1, 0.15) is 28.6 Å². The van der Waals surface area contributed by atoms with Gasteiger partial charge < -0.3 is 4.74 Å². The van der Waals surface area contributed by atoms with Crippen molar-refractivity contribution in [1.82, 2.24) is 0 Å². The molecule has 0 saturated carbocycles. The maximum atomic E-state index is 11.7. The van der Waals surface area contributed by atoms with Crippen molar-refractivity contribution >= 4 is 17.1 Å². The minimum atomic E-state index is 0.221. The van der Waals surface area contributed by atoms with Gasteiger partial charge in [-0.3, -0.25) is 4.79 Å². The van der Waals surface area contributed by atoms with E-state index in [1.54, 1.807) is 18.4 Å². The molecule has 0 saturated heterocycles. The molecular formula is C11H16O2S. The number of carbonyl (C=O) groups is 1. The number of methoxy groups -OCH3 is 1. The van der Waals surface area contributed by atoms with Crippen molar-refractivity contribution in [1.29, 1.82) is 0 Å². The highest BCUT2D eigenvalue weighted by Crippen LogP contribution is 2.16. The van der Waals surface area contributed by atoms with Gasteiger partial charge in [-0.2, -0.15) is 0 Å². The van der Waals surface area contributed by atoms with Crippen LogP contribution in [0.25, 0.3) is 0 Å². The van der Waals surface area contributed by atoms with Crippen molar-refractivity contribution in [3.05, 3.63) is 21.9 Å². The molecule has 0 amide bonds. The van der Waals surface area contributed by atoms with Gasteiger partial charge in [-0.15, -0.1) is 11.3 Å². The zero-order chi connectivity index (χ0) is 10.6. The summed E-state index contributed by atoms with van der Waals surface area (Å²) >= 11 is 1.62. The summed E-state index contributed by atoms with van der Waals surface area (Å²) in [5, 5.41) is 1.93. The summed E-state index contributed by atoms with van der Waals surface area (Å²) in [6.07, 6.45) is 0.573. The Bertz CT molecular complexity index is 304. The number of ketones is 1.